The van der Waals surface area contributed by atoms with Gasteiger partial charge >= 0.3 is 0 Å². The Balaban J connectivity index is 2.31. The van der Waals surface area contributed by atoms with Gasteiger partial charge in [0.15, 0.2) is 0 Å². The summed E-state index contributed by atoms with van der Waals surface area (Å²) in [5, 5.41) is 3.66. The first-order valence-corrected chi connectivity index (χ1v) is 5.59. The molecule has 14 heavy (non-hydrogen) atoms. The molecule has 1 nitrogen and oxygen atoms in total. The van der Waals surface area contributed by atoms with E-state index in [2.05, 4.69) is 43.4 Å². The molecule has 1 unspecified atom stereocenters. The molecule has 1 aliphatic heterocycles. The van der Waals surface area contributed by atoms with E-state index in [1.165, 1.54) is 36.9 Å². The van der Waals surface area contributed by atoms with Crippen molar-refractivity contribution < 1.29 is 0 Å². The fourth-order valence-electron chi connectivity index (χ4n) is 2.43. The van der Waals surface area contributed by atoms with Crippen LogP contribution in [-0.2, 0) is 5.54 Å². The Kier molecular flexibility index (Phi) is 2.60. The Morgan fingerprint density at radius 1 is 1.29 bits per heavy atom. The predicted octanol–water partition coefficient (Wildman–Crippen LogP) is 2.98. The molecule has 1 aromatic rings. The molecule has 0 aromatic heterocycles. The highest BCUT2D eigenvalue weighted by molar-refractivity contribution is 5.28. The minimum absolute atomic E-state index is 0.272. The lowest BCUT2D eigenvalue weighted by Crippen LogP contribution is -2.35. The monoisotopic (exact) mass is 189 g/mol. The second-order valence-corrected chi connectivity index (χ2v) is 4.33. The summed E-state index contributed by atoms with van der Waals surface area (Å²) in [4.78, 5) is 0. The van der Waals surface area contributed by atoms with E-state index in [4.69, 9.17) is 0 Å². The minimum Gasteiger partial charge on any atom is -0.307 e. The van der Waals surface area contributed by atoms with Crippen molar-refractivity contribution in [1.82, 2.24) is 5.32 Å². The lowest BCUT2D eigenvalue weighted by Gasteiger charge is -2.28. The molecule has 0 radical (unpaired) electrons. The minimum atomic E-state index is 0.272. The third kappa shape index (κ3) is 1.57. The first-order valence-electron chi connectivity index (χ1n) is 5.59. The number of rotatable bonds is 2. The van der Waals surface area contributed by atoms with Crippen molar-refractivity contribution in [2.45, 2.75) is 38.6 Å². The molecular formula is C13H19N. The Morgan fingerprint density at radius 2 is 2.00 bits per heavy atom. The zero-order chi connectivity index (χ0) is 10.0. The molecule has 2 rings (SSSR count). The van der Waals surface area contributed by atoms with Crippen LogP contribution in [-0.4, -0.2) is 6.54 Å². The van der Waals surface area contributed by atoms with Gasteiger partial charge in [-0.05, 0) is 38.3 Å². The number of hydrogen-bond donors (Lipinski definition) is 1. The number of nitrogens with one attached hydrogen (secondary N) is 1. The summed E-state index contributed by atoms with van der Waals surface area (Å²) in [5.41, 5.74) is 3.08. The van der Waals surface area contributed by atoms with E-state index in [9.17, 15) is 0 Å². The maximum atomic E-state index is 3.66. The molecule has 1 aromatic carbocycles. The smallest absolute Gasteiger partial charge is 0.0432 e. The highest BCUT2D eigenvalue weighted by Crippen LogP contribution is 2.33. The van der Waals surface area contributed by atoms with Gasteiger partial charge in [0.25, 0.3) is 0 Å². The fraction of sp³-hybridized carbons (Fsp3) is 0.538. The van der Waals surface area contributed by atoms with Crippen LogP contribution in [0.4, 0.5) is 0 Å². The molecule has 1 heterocycles. The SMILES string of the molecule is CCC1(c2ccc(C)cc2)CCCN1. The van der Waals surface area contributed by atoms with Crippen molar-refractivity contribution in [1.29, 1.82) is 0 Å². The lowest BCUT2D eigenvalue weighted by molar-refractivity contribution is 0.376. The molecule has 0 saturated carbocycles. The van der Waals surface area contributed by atoms with Gasteiger partial charge in [-0.1, -0.05) is 36.8 Å². The van der Waals surface area contributed by atoms with E-state index in [1.54, 1.807) is 0 Å². The molecule has 0 aliphatic carbocycles. The third-order valence-electron chi connectivity index (χ3n) is 3.45. The molecule has 1 fully saturated rings. The van der Waals surface area contributed by atoms with Crippen LogP contribution in [0.15, 0.2) is 24.3 Å². The molecular weight excluding hydrogens is 170 g/mol. The maximum Gasteiger partial charge on any atom is 0.0432 e. The van der Waals surface area contributed by atoms with E-state index in [0.29, 0.717) is 0 Å². The van der Waals surface area contributed by atoms with Crippen molar-refractivity contribution >= 4 is 0 Å². The predicted molar refractivity (Wildman–Crippen MR) is 60.4 cm³/mol. The van der Waals surface area contributed by atoms with E-state index in [-0.39, 0.29) is 5.54 Å². The van der Waals surface area contributed by atoms with Crippen LogP contribution in [0.5, 0.6) is 0 Å². The molecule has 1 atom stereocenters. The summed E-state index contributed by atoms with van der Waals surface area (Å²) >= 11 is 0. The largest absolute Gasteiger partial charge is 0.307 e. The van der Waals surface area contributed by atoms with Crippen LogP contribution in [0.1, 0.15) is 37.3 Å². The van der Waals surface area contributed by atoms with E-state index >= 15 is 0 Å². The Hall–Kier alpha value is -0.820. The van der Waals surface area contributed by atoms with Gasteiger partial charge in [-0.15, -0.1) is 0 Å². The van der Waals surface area contributed by atoms with Gasteiger partial charge in [-0.2, -0.15) is 0 Å². The van der Waals surface area contributed by atoms with Gasteiger partial charge in [0.2, 0.25) is 0 Å². The Morgan fingerprint density at radius 3 is 2.50 bits per heavy atom. The van der Waals surface area contributed by atoms with E-state index < -0.39 is 0 Å². The van der Waals surface area contributed by atoms with Crippen LogP contribution in [0.2, 0.25) is 0 Å². The summed E-state index contributed by atoms with van der Waals surface area (Å²) in [7, 11) is 0. The van der Waals surface area contributed by atoms with Crippen molar-refractivity contribution in [3.8, 4) is 0 Å². The molecule has 1 N–H and O–H groups in total. The third-order valence-corrected chi connectivity index (χ3v) is 3.45. The molecule has 1 aliphatic rings. The topological polar surface area (TPSA) is 12.0 Å². The maximum absolute atomic E-state index is 3.66. The summed E-state index contributed by atoms with van der Waals surface area (Å²) in [5.74, 6) is 0. The number of benzene rings is 1. The summed E-state index contributed by atoms with van der Waals surface area (Å²) in [6.45, 7) is 5.59. The van der Waals surface area contributed by atoms with Gasteiger partial charge in [-0.25, -0.2) is 0 Å². The van der Waals surface area contributed by atoms with Crippen molar-refractivity contribution in [2.24, 2.45) is 0 Å². The molecule has 76 valence electrons. The van der Waals surface area contributed by atoms with Gasteiger partial charge in [0.1, 0.15) is 0 Å². The molecule has 0 amide bonds. The highest BCUT2D eigenvalue weighted by atomic mass is 15.0. The molecule has 0 bridgehead atoms. The highest BCUT2D eigenvalue weighted by Gasteiger charge is 2.32. The summed E-state index contributed by atoms with van der Waals surface area (Å²) in [6.07, 6.45) is 3.78. The standard InChI is InChI=1S/C13H19N/c1-3-13(9-4-10-14-13)12-7-5-11(2)6-8-12/h5-8,14H,3-4,9-10H2,1-2H3. The van der Waals surface area contributed by atoms with Crippen LogP contribution >= 0.6 is 0 Å². The summed E-state index contributed by atoms with van der Waals surface area (Å²) < 4.78 is 0. The molecule has 1 saturated heterocycles. The first-order chi connectivity index (χ1) is 6.77. The van der Waals surface area contributed by atoms with Crippen LogP contribution < -0.4 is 5.32 Å². The normalized spacial score (nSPS) is 26.7. The van der Waals surface area contributed by atoms with Crippen molar-refractivity contribution in [2.75, 3.05) is 6.54 Å². The van der Waals surface area contributed by atoms with Crippen molar-refractivity contribution in [3.63, 3.8) is 0 Å². The van der Waals surface area contributed by atoms with Gasteiger partial charge in [0, 0.05) is 5.54 Å². The first kappa shape index (κ1) is 9.72. The fourth-order valence-corrected chi connectivity index (χ4v) is 2.43. The van der Waals surface area contributed by atoms with Crippen LogP contribution in [0.3, 0.4) is 0 Å². The van der Waals surface area contributed by atoms with Gasteiger partial charge in [-0.3, -0.25) is 0 Å². The number of aryl methyl sites for hydroxylation is 1. The lowest BCUT2D eigenvalue weighted by atomic mass is 9.85. The summed E-state index contributed by atoms with van der Waals surface area (Å²) in [6, 6.07) is 8.98. The second-order valence-electron chi connectivity index (χ2n) is 4.33. The molecule has 0 spiro atoms. The number of hydrogen-bond acceptors (Lipinski definition) is 1. The van der Waals surface area contributed by atoms with Gasteiger partial charge < -0.3 is 5.32 Å². The van der Waals surface area contributed by atoms with Crippen molar-refractivity contribution in [3.05, 3.63) is 35.4 Å². The molecule has 1 heteroatoms. The van der Waals surface area contributed by atoms with E-state index in [1.807, 2.05) is 0 Å². The Labute approximate surface area is 86.5 Å². The zero-order valence-corrected chi connectivity index (χ0v) is 9.14. The average Bonchev–Trinajstić information content (AvgIpc) is 2.68. The van der Waals surface area contributed by atoms with E-state index in [0.717, 1.165) is 0 Å². The quantitative estimate of drug-likeness (QED) is 0.754. The average molecular weight is 189 g/mol. The zero-order valence-electron chi connectivity index (χ0n) is 9.14. The Bertz CT molecular complexity index is 294. The van der Waals surface area contributed by atoms with Crippen LogP contribution in [0.25, 0.3) is 0 Å². The second kappa shape index (κ2) is 3.74. The van der Waals surface area contributed by atoms with Gasteiger partial charge in [0.05, 0.1) is 0 Å². The van der Waals surface area contributed by atoms with Crippen LogP contribution in [0, 0.1) is 6.92 Å².